The third-order valence-electron chi connectivity index (χ3n) is 1.59. The van der Waals surface area contributed by atoms with E-state index in [4.69, 9.17) is 21.9 Å². The molecule has 0 aromatic heterocycles. The van der Waals surface area contributed by atoms with Crippen molar-refractivity contribution in [2.45, 2.75) is 5.75 Å². The highest BCUT2D eigenvalue weighted by atomic mass is 35.5. The second-order valence-electron chi connectivity index (χ2n) is 4.41. The van der Waals surface area contributed by atoms with Crippen molar-refractivity contribution < 1.29 is 0 Å². The van der Waals surface area contributed by atoms with Gasteiger partial charge >= 0.3 is 0 Å². The quantitative estimate of drug-likeness (QED) is 0.668. The van der Waals surface area contributed by atoms with E-state index in [1.54, 1.807) is 0 Å². The Morgan fingerprint density at radius 3 is 2.00 bits per heavy atom. The van der Waals surface area contributed by atoms with Crippen LogP contribution >= 0.6 is 21.1 Å². The highest BCUT2D eigenvalue weighted by molar-refractivity contribution is 8.44. The van der Waals surface area contributed by atoms with Crippen LogP contribution in [0.4, 0.5) is 0 Å². The first-order chi connectivity index (χ1) is 5.72. The lowest BCUT2D eigenvalue weighted by atomic mass is 10.2. The van der Waals surface area contributed by atoms with Gasteiger partial charge in [0.15, 0.2) is 0 Å². The van der Waals surface area contributed by atoms with E-state index in [-0.39, 0.29) is 0 Å². The van der Waals surface area contributed by atoms with Gasteiger partial charge in [0.1, 0.15) is 0 Å². The van der Waals surface area contributed by atoms with Crippen LogP contribution in [0, 0.1) is 0 Å². The molecule has 1 aromatic carbocycles. The van der Waals surface area contributed by atoms with E-state index in [0.29, 0.717) is 0 Å². The average molecular weight is 221 g/mol. The third kappa shape index (κ3) is 4.52. The Kier molecular flexibility index (Phi) is 2.65. The maximum Gasteiger partial charge on any atom is 0.0406 e. The Bertz CT molecular complexity index is 290. The molecule has 2 nitrogen and oxygen atoms in total. The first-order valence-electron chi connectivity index (χ1n) is 4.09. The van der Waals surface area contributed by atoms with Crippen LogP contribution in [0.2, 0.25) is 5.02 Å². The summed E-state index contributed by atoms with van der Waals surface area (Å²) >= 11 is 5.77. The van der Waals surface area contributed by atoms with Crippen molar-refractivity contribution in [2.24, 2.45) is 10.3 Å². The summed E-state index contributed by atoms with van der Waals surface area (Å²) in [6.07, 6.45) is 3.89. The van der Waals surface area contributed by atoms with Gasteiger partial charge in [-0.1, -0.05) is 23.7 Å². The molecule has 76 valence electrons. The average Bonchev–Trinajstić information content (AvgIpc) is 1.89. The summed E-state index contributed by atoms with van der Waals surface area (Å²) in [5.41, 5.74) is 1.15. The van der Waals surface area contributed by atoms with Crippen LogP contribution < -0.4 is 10.3 Å². The molecule has 0 aliphatic carbocycles. The van der Waals surface area contributed by atoms with Crippen LogP contribution in [0.5, 0.6) is 0 Å². The van der Waals surface area contributed by atoms with Gasteiger partial charge in [0.05, 0.1) is 0 Å². The van der Waals surface area contributed by atoms with Crippen LogP contribution in [0.3, 0.4) is 0 Å². The van der Waals surface area contributed by atoms with Crippen LogP contribution in [-0.2, 0) is 5.75 Å². The lowest BCUT2D eigenvalue weighted by Crippen LogP contribution is -2.35. The number of thiol groups is 1. The molecule has 0 aliphatic rings. The van der Waals surface area contributed by atoms with Crippen molar-refractivity contribution in [3.63, 3.8) is 0 Å². The summed E-state index contributed by atoms with van der Waals surface area (Å²) in [7, 11) is -2.42. The van der Waals surface area contributed by atoms with Crippen molar-refractivity contribution in [1.29, 1.82) is 0 Å². The van der Waals surface area contributed by atoms with Gasteiger partial charge in [0.2, 0.25) is 0 Å². The van der Waals surface area contributed by atoms with E-state index >= 15 is 0 Å². The minimum atomic E-state index is -2.42. The number of hydrogen-bond donors (Lipinski definition) is 3. The molecule has 0 heterocycles. The largest absolute Gasteiger partial charge is 0.300 e. The summed E-state index contributed by atoms with van der Waals surface area (Å²) in [5.74, 6) is 0.753. The first-order valence-corrected chi connectivity index (χ1v) is 7.92. The maximum absolute atomic E-state index is 6.02. The fraction of sp³-hybridized carbons (Fsp3) is 0.333. The Balaban J connectivity index is 2.82. The Labute approximate surface area is 84.8 Å². The first kappa shape index (κ1) is 10.9. The van der Waals surface area contributed by atoms with Crippen molar-refractivity contribution in [3.05, 3.63) is 34.9 Å². The van der Waals surface area contributed by atoms with Gasteiger partial charge in [0.25, 0.3) is 0 Å². The molecule has 1 aromatic rings. The number of nitrogens with two attached hydrogens (primary N) is 2. The lowest BCUT2D eigenvalue weighted by Gasteiger charge is -2.47. The molecule has 13 heavy (non-hydrogen) atoms. The summed E-state index contributed by atoms with van der Waals surface area (Å²) < 4.78 is 0. The minimum Gasteiger partial charge on any atom is -0.300 e. The molecule has 0 saturated heterocycles. The molecule has 0 atom stereocenters. The number of benzene rings is 1. The van der Waals surface area contributed by atoms with E-state index in [1.807, 2.05) is 36.8 Å². The molecular formula is C9H17ClN2S. The topological polar surface area (TPSA) is 52.0 Å². The van der Waals surface area contributed by atoms with Crippen molar-refractivity contribution in [3.8, 4) is 0 Å². The predicted molar refractivity (Wildman–Crippen MR) is 64.4 cm³/mol. The van der Waals surface area contributed by atoms with Gasteiger partial charge in [-0.2, -0.15) is 0 Å². The standard InChI is InChI=1S/C9H17ClN2S/c1-13(2,11,12)7-8-3-5-9(10)6-4-8/h3-6,13H,7,11-12H2,1-2H3. The van der Waals surface area contributed by atoms with Crippen LogP contribution in [0.25, 0.3) is 0 Å². The maximum atomic E-state index is 6.02. The molecular weight excluding hydrogens is 204 g/mol. The monoisotopic (exact) mass is 220 g/mol. The van der Waals surface area contributed by atoms with E-state index in [9.17, 15) is 0 Å². The minimum absolute atomic E-state index is 0.741. The van der Waals surface area contributed by atoms with E-state index < -0.39 is 9.53 Å². The zero-order chi connectivity index (χ0) is 10.1. The number of halogens is 1. The Morgan fingerprint density at radius 2 is 1.62 bits per heavy atom. The zero-order valence-electron chi connectivity index (χ0n) is 8.00. The van der Waals surface area contributed by atoms with Crippen LogP contribution in [0.15, 0.2) is 24.3 Å². The van der Waals surface area contributed by atoms with Gasteiger partial charge in [0, 0.05) is 10.8 Å². The summed E-state index contributed by atoms with van der Waals surface area (Å²) in [4.78, 5) is 0. The fourth-order valence-electron chi connectivity index (χ4n) is 1.17. The van der Waals surface area contributed by atoms with Crippen molar-refractivity contribution in [2.75, 3.05) is 12.5 Å². The number of rotatable bonds is 2. The molecule has 4 N–H and O–H groups in total. The van der Waals surface area contributed by atoms with Crippen molar-refractivity contribution in [1.82, 2.24) is 0 Å². The molecule has 0 bridgehead atoms. The zero-order valence-corrected chi connectivity index (χ0v) is 9.65. The smallest absolute Gasteiger partial charge is 0.0406 e. The van der Waals surface area contributed by atoms with Gasteiger partial charge in [-0.3, -0.25) is 10.3 Å². The molecule has 4 heteroatoms. The molecule has 0 fully saturated rings. The van der Waals surface area contributed by atoms with Gasteiger partial charge in [-0.15, -0.1) is 0 Å². The molecule has 0 radical (unpaired) electrons. The second kappa shape index (κ2) is 3.17. The van der Waals surface area contributed by atoms with Gasteiger partial charge in [-0.25, -0.2) is 9.53 Å². The summed E-state index contributed by atoms with van der Waals surface area (Å²) in [6.45, 7) is 0. The van der Waals surface area contributed by atoms with E-state index in [1.165, 1.54) is 0 Å². The predicted octanol–water partition coefficient (Wildman–Crippen LogP) is 1.92. The van der Waals surface area contributed by atoms with Crippen molar-refractivity contribution >= 4 is 21.1 Å². The molecule has 0 saturated carbocycles. The molecule has 0 spiro atoms. The van der Waals surface area contributed by atoms with Gasteiger partial charge < -0.3 is 0 Å². The highest BCUT2D eigenvalue weighted by Gasteiger charge is 2.18. The number of hydrogen-bond acceptors (Lipinski definition) is 2. The molecule has 0 amide bonds. The molecule has 1 rings (SSSR count). The van der Waals surface area contributed by atoms with Crippen LogP contribution in [-0.4, -0.2) is 12.5 Å². The second-order valence-corrected chi connectivity index (χ2v) is 10.4. The SMILES string of the molecule is C[SH](C)(N)(N)Cc1ccc(Cl)cc1. The van der Waals surface area contributed by atoms with E-state index in [0.717, 1.165) is 16.3 Å². The van der Waals surface area contributed by atoms with Crippen LogP contribution in [0.1, 0.15) is 5.56 Å². The summed E-state index contributed by atoms with van der Waals surface area (Å²) in [5, 5.41) is 12.8. The van der Waals surface area contributed by atoms with E-state index in [2.05, 4.69) is 0 Å². The Morgan fingerprint density at radius 1 is 1.15 bits per heavy atom. The highest BCUT2D eigenvalue weighted by Crippen LogP contribution is 2.49. The Hall–Kier alpha value is -0.220. The lowest BCUT2D eigenvalue weighted by molar-refractivity contribution is 1.34. The third-order valence-corrected chi connectivity index (χ3v) is 3.21. The molecule has 0 aliphatic heterocycles. The molecule has 0 unspecified atom stereocenters. The fourth-order valence-corrected chi connectivity index (χ4v) is 2.65. The summed E-state index contributed by atoms with van der Waals surface area (Å²) in [6, 6.07) is 7.66. The normalized spacial score (nSPS) is 15.0. The van der Waals surface area contributed by atoms with Gasteiger partial charge in [-0.05, 0) is 30.2 Å².